The summed E-state index contributed by atoms with van der Waals surface area (Å²) >= 11 is 0. The number of carbonyl (C=O) groups is 2. The van der Waals surface area contributed by atoms with Crippen molar-refractivity contribution in [1.82, 2.24) is 4.57 Å². The van der Waals surface area contributed by atoms with Crippen LogP contribution in [-0.2, 0) is 4.79 Å². The molecule has 3 rings (SSSR count). The molecule has 1 unspecified atom stereocenters. The standard InChI is InChI=1S/C21H18N2O4/c24-19(25)14-18(15-8-3-1-4-9-15)23-13-7-12-17(21(23)27)22-20(26)16-10-5-2-6-11-16/h1-13,18H,14H2,(H,22,26)(H,24,25). The fourth-order valence-electron chi connectivity index (χ4n) is 2.85. The number of carbonyl (C=O) groups excluding carboxylic acids is 1. The van der Waals surface area contributed by atoms with Crippen molar-refractivity contribution in [3.8, 4) is 0 Å². The van der Waals surface area contributed by atoms with E-state index >= 15 is 0 Å². The summed E-state index contributed by atoms with van der Waals surface area (Å²) in [6, 6.07) is 19.9. The van der Waals surface area contributed by atoms with Crippen LogP contribution in [0.25, 0.3) is 0 Å². The number of anilines is 1. The molecule has 6 nitrogen and oxygen atoms in total. The van der Waals surface area contributed by atoms with Crippen molar-refractivity contribution >= 4 is 17.6 Å². The third kappa shape index (κ3) is 4.30. The number of carboxylic acid groups (broad SMARTS) is 1. The van der Waals surface area contributed by atoms with E-state index in [2.05, 4.69) is 5.32 Å². The van der Waals surface area contributed by atoms with Gasteiger partial charge in [0, 0.05) is 11.8 Å². The van der Waals surface area contributed by atoms with Crippen LogP contribution in [0.15, 0.2) is 83.8 Å². The zero-order valence-electron chi connectivity index (χ0n) is 14.4. The van der Waals surface area contributed by atoms with Crippen molar-refractivity contribution in [2.75, 3.05) is 5.32 Å². The summed E-state index contributed by atoms with van der Waals surface area (Å²) in [5.74, 6) is -1.42. The molecular formula is C21H18N2O4. The maximum Gasteiger partial charge on any atom is 0.305 e. The number of carboxylic acids is 1. The second kappa shape index (κ2) is 8.14. The smallest absolute Gasteiger partial charge is 0.305 e. The highest BCUT2D eigenvalue weighted by molar-refractivity contribution is 6.04. The first kappa shape index (κ1) is 18.1. The molecule has 0 saturated heterocycles. The van der Waals surface area contributed by atoms with Crippen LogP contribution < -0.4 is 10.9 Å². The largest absolute Gasteiger partial charge is 0.481 e. The van der Waals surface area contributed by atoms with Crippen molar-refractivity contribution in [1.29, 1.82) is 0 Å². The Labute approximate surface area is 155 Å². The summed E-state index contributed by atoms with van der Waals surface area (Å²) in [7, 11) is 0. The molecule has 1 heterocycles. The van der Waals surface area contributed by atoms with Gasteiger partial charge in [0.25, 0.3) is 11.5 Å². The maximum absolute atomic E-state index is 12.9. The zero-order valence-corrected chi connectivity index (χ0v) is 14.4. The Morgan fingerprint density at radius 3 is 2.19 bits per heavy atom. The van der Waals surface area contributed by atoms with Crippen LogP contribution in [0.3, 0.4) is 0 Å². The average molecular weight is 362 g/mol. The van der Waals surface area contributed by atoms with Crippen molar-refractivity contribution in [2.45, 2.75) is 12.5 Å². The molecule has 1 atom stereocenters. The number of rotatable bonds is 6. The number of hydrogen-bond donors (Lipinski definition) is 2. The lowest BCUT2D eigenvalue weighted by Gasteiger charge is -2.19. The summed E-state index contributed by atoms with van der Waals surface area (Å²) in [6.07, 6.45) is 1.28. The minimum atomic E-state index is -1.02. The van der Waals surface area contributed by atoms with Gasteiger partial charge in [-0.3, -0.25) is 14.4 Å². The van der Waals surface area contributed by atoms with Gasteiger partial charge in [0.1, 0.15) is 5.69 Å². The summed E-state index contributed by atoms with van der Waals surface area (Å²) in [5, 5.41) is 11.9. The molecule has 3 aromatic rings. The molecule has 0 aliphatic heterocycles. The minimum absolute atomic E-state index is 0.0951. The lowest BCUT2D eigenvalue weighted by molar-refractivity contribution is -0.137. The summed E-state index contributed by atoms with van der Waals surface area (Å²) in [4.78, 5) is 36.6. The monoisotopic (exact) mass is 362 g/mol. The van der Waals surface area contributed by atoms with Crippen molar-refractivity contribution < 1.29 is 14.7 Å². The van der Waals surface area contributed by atoms with Gasteiger partial charge in [0.2, 0.25) is 0 Å². The van der Waals surface area contributed by atoms with E-state index in [-0.39, 0.29) is 12.1 Å². The Morgan fingerprint density at radius 1 is 0.926 bits per heavy atom. The van der Waals surface area contributed by atoms with Gasteiger partial charge in [0.05, 0.1) is 12.5 Å². The van der Waals surface area contributed by atoms with Crippen molar-refractivity contribution in [3.63, 3.8) is 0 Å². The van der Waals surface area contributed by atoms with Crippen LogP contribution in [0, 0.1) is 0 Å². The van der Waals surface area contributed by atoms with Gasteiger partial charge in [-0.15, -0.1) is 0 Å². The van der Waals surface area contributed by atoms with E-state index in [1.54, 1.807) is 60.7 Å². The number of nitrogens with zero attached hydrogens (tertiary/aromatic N) is 1. The second-order valence-electron chi connectivity index (χ2n) is 5.98. The predicted octanol–water partition coefficient (Wildman–Crippen LogP) is 3.16. The predicted molar refractivity (Wildman–Crippen MR) is 102 cm³/mol. The third-order valence-corrected chi connectivity index (χ3v) is 4.15. The van der Waals surface area contributed by atoms with E-state index in [1.165, 1.54) is 16.8 Å². The number of aromatic nitrogens is 1. The van der Waals surface area contributed by atoms with Crippen molar-refractivity contribution in [3.05, 3.63) is 100 Å². The molecular weight excluding hydrogens is 344 g/mol. The van der Waals surface area contributed by atoms with Gasteiger partial charge in [-0.1, -0.05) is 48.5 Å². The molecule has 6 heteroatoms. The third-order valence-electron chi connectivity index (χ3n) is 4.15. The minimum Gasteiger partial charge on any atom is -0.481 e. The highest BCUT2D eigenvalue weighted by Crippen LogP contribution is 2.21. The lowest BCUT2D eigenvalue weighted by atomic mass is 10.0. The van der Waals surface area contributed by atoms with Gasteiger partial charge in [-0.05, 0) is 29.8 Å². The van der Waals surface area contributed by atoms with Crippen LogP contribution in [-0.4, -0.2) is 21.6 Å². The number of hydrogen-bond acceptors (Lipinski definition) is 3. The Bertz CT molecular complexity index is 997. The summed E-state index contributed by atoms with van der Waals surface area (Å²) in [6.45, 7) is 0. The van der Waals surface area contributed by atoms with Crippen LogP contribution >= 0.6 is 0 Å². The first-order valence-electron chi connectivity index (χ1n) is 8.40. The quantitative estimate of drug-likeness (QED) is 0.705. The number of nitrogens with one attached hydrogen (secondary N) is 1. The number of benzene rings is 2. The number of pyridine rings is 1. The second-order valence-corrected chi connectivity index (χ2v) is 5.98. The molecule has 0 aliphatic carbocycles. The Morgan fingerprint density at radius 2 is 1.56 bits per heavy atom. The van der Waals surface area contributed by atoms with Gasteiger partial charge in [-0.25, -0.2) is 0 Å². The molecule has 27 heavy (non-hydrogen) atoms. The van der Waals surface area contributed by atoms with Crippen LogP contribution in [0.5, 0.6) is 0 Å². The SMILES string of the molecule is O=C(O)CC(c1ccccc1)n1cccc(NC(=O)c2ccccc2)c1=O. The molecule has 2 aromatic carbocycles. The average Bonchev–Trinajstić information content (AvgIpc) is 2.69. The molecule has 2 N–H and O–H groups in total. The van der Waals surface area contributed by atoms with E-state index in [1.807, 2.05) is 6.07 Å². The van der Waals surface area contributed by atoms with Gasteiger partial charge in [0.15, 0.2) is 0 Å². The topological polar surface area (TPSA) is 88.4 Å². The molecule has 0 saturated carbocycles. The zero-order chi connectivity index (χ0) is 19.2. The van der Waals surface area contributed by atoms with Crippen molar-refractivity contribution in [2.24, 2.45) is 0 Å². The van der Waals surface area contributed by atoms with E-state index in [0.29, 0.717) is 11.1 Å². The van der Waals surface area contributed by atoms with Gasteiger partial charge in [-0.2, -0.15) is 0 Å². The summed E-state index contributed by atoms with van der Waals surface area (Å²) in [5.41, 5.74) is 0.764. The first-order valence-corrected chi connectivity index (χ1v) is 8.40. The first-order chi connectivity index (χ1) is 13.1. The highest BCUT2D eigenvalue weighted by Gasteiger charge is 2.20. The Balaban J connectivity index is 1.96. The maximum atomic E-state index is 12.9. The normalized spacial score (nSPS) is 11.6. The van der Waals surface area contributed by atoms with Crippen LogP contribution in [0.4, 0.5) is 5.69 Å². The van der Waals surface area contributed by atoms with E-state index < -0.39 is 23.5 Å². The van der Waals surface area contributed by atoms with E-state index in [9.17, 15) is 19.5 Å². The molecule has 0 spiro atoms. The molecule has 0 bridgehead atoms. The van der Waals surface area contributed by atoms with Gasteiger partial charge < -0.3 is 15.0 Å². The Kier molecular flexibility index (Phi) is 5.47. The Hall–Kier alpha value is -3.67. The van der Waals surface area contributed by atoms with Gasteiger partial charge >= 0.3 is 5.97 Å². The molecule has 136 valence electrons. The highest BCUT2D eigenvalue weighted by atomic mass is 16.4. The fourth-order valence-corrected chi connectivity index (χ4v) is 2.85. The number of amides is 1. The van der Waals surface area contributed by atoms with E-state index in [4.69, 9.17) is 0 Å². The molecule has 1 aromatic heterocycles. The molecule has 1 amide bonds. The van der Waals surface area contributed by atoms with Crippen LogP contribution in [0.2, 0.25) is 0 Å². The number of aliphatic carboxylic acids is 1. The molecule has 0 aliphatic rings. The van der Waals surface area contributed by atoms with Crippen LogP contribution in [0.1, 0.15) is 28.4 Å². The summed E-state index contributed by atoms with van der Waals surface area (Å²) < 4.78 is 1.34. The molecule has 0 fully saturated rings. The van der Waals surface area contributed by atoms with E-state index in [0.717, 1.165) is 0 Å². The lowest BCUT2D eigenvalue weighted by Crippen LogP contribution is -2.30. The fraction of sp³-hybridized carbons (Fsp3) is 0.0952. The molecule has 0 radical (unpaired) electrons.